The van der Waals surface area contributed by atoms with E-state index in [1.165, 1.54) is 69.8 Å². The molecule has 0 saturated heterocycles. The summed E-state index contributed by atoms with van der Waals surface area (Å²) in [6.45, 7) is 11.2. The molecule has 0 unspecified atom stereocenters. The summed E-state index contributed by atoms with van der Waals surface area (Å²) in [4.78, 5) is 4.80. The lowest BCUT2D eigenvalue weighted by Gasteiger charge is -2.15. The largest absolute Gasteiger partial charge is 0.457 e. The molecule has 0 bridgehead atoms. The molecule has 0 aliphatic carbocycles. The average molecular weight is 647 g/mol. The number of aromatic nitrogens is 4. The van der Waals surface area contributed by atoms with Crippen LogP contribution in [0.25, 0.3) is 44.4 Å². The molecule has 0 atom stereocenters. The Balaban J connectivity index is 1.23. The van der Waals surface area contributed by atoms with Crippen LogP contribution in [0.4, 0.5) is 0 Å². The third-order valence-corrected chi connectivity index (χ3v) is 9.55. The van der Waals surface area contributed by atoms with Gasteiger partial charge in [-0.1, -0.05) is 82.5 Å². The molecule has 0 aliphatic rings. The van der Waals surface area contributed by atoms with Gasteiger partial charge in [-0.3, -0.25) is 4.57 Å². The molecule has 0 spiro atoms. The van der Waals surface area contributed by atoms with E-state index < -0.39 is 0 Å². The summed E-state index contributed by atoms with van der Waals surface area (Å²) in [7, 11) is 0. The average Bonchev–Trinajstić information content (AvgIpc) is 3.73. The second kappa shape index (κ2) is 14.1. The van der Waals surface area contributed by atoms with E-state index in [4.69, 9.17) is 14.8 Å². The fourth-order valence-electron chi connectivity index (χ4n) is 7.04. The highest BCUT2D eigenvalue weighted by atomic mass is 16.5. The maximum absolute atomic E-state index is 6.55. The van der Waals surface area contributed by atoms with Crippen LogP contribution in [-0.2, 0) is 12.8 Å². The van der Waals surface area contributed by atoms with Gasteiger partial charge < -0.3 is 4.74 Å². The van der Waals surface area contributed by atoms with E-state index in [1.54, 1.807) is 0 Å². The lowest BCUT2D eigenvalue weighted by atomic mass is 9.89. The van der Waals surface area contributed by atoms with Crippen molar-refractivity contribution in [3.05, 3.63) is 132 Å². The summed E-state index contributed by atoms with van der Waals surface area (Å²) in [5, 5.41) is 7.22. The van der Waals surface area contributed by atoms with Gasteiger partial charge in [-0.05, 0) is 103 Å². The molecule has 3 heterocycles. The van der Waals surface area contributed by atoms with Crippen LogP contribution in [0.1, 0.15) is 81.5 Å². The second-order valence-corrected chi connectivity index (χ2v) is 13.6. The third-order valence-electron chi connectivity index (χ3n) is 9.55. The predicted octanol–water partition coefficient (Wildman–Crippen LogP) is 11.9. The molecule has 0 saturated carbocycles. The van der Waals surface area contributed by atoms with Gasteiger partial charge in [0.1, 0.15) is 17.3 Å². The minimum absolute atomic E-state index is 0.412. The summed E-state index contributed by atoms with van der Waals surface area (Å²) >= 11 is 0. The van der Waals surface area contributed by atoms with E-state index >= 15 is 0 Å². The van der Waals surface area contributed by atoms with E-state index in [2.05, 4.69) is 124 Å². The Morgan fingerprint density at radius 3 is 2.22 bits per heavy atom. The highest BCUT2D eigenvalue weighted by Gasteiger charge is 2.17. The number of hydrogen-bond acceptors (Lipinski definition) is 3. The first kappa shape index (κ1) is 32.4. The van der Waals surface area contributed by atoms with Crippen LogP contribution in [0.2, 0.25) is 0 Å². The summed E-state index contributed by atoms with van der Waals surface area (Å²) in [5.74, 6) is 2.86. The number of nitrogens with zero attached hydrogens (tertiary/aromatic N) is 4. The Morgan fingerprint density at radius 2 is 1.47 bits per heavy atom. The van der Waals surface area contributed by atoms with Crippen molar-refractivity contribution in [1.82, 2.24) is 19.3 Å². The summed E-state index contributed by atoms with van der Waals surface area (Å²) < 4.78 is 10.8. The molecule has 0 N–H and O–H groups in total. The lowest BCUT2D eigenvalue weighted by molar-refractivity contribution is 0.483. The topological polar surface area (TPSA) is 44.9 Å². The minimum atomic E-state index is 0.412. The Kier molecular flexibility index (Phi) is 9.34. The normalized spacial score (nSPS) is 11.6. The number of ether oxygens (including phenoxy) is 1. The Morgan fingerprint density at radius 1 is 0.735 bits per heavy atom. The van der Waals surface area contributed by atoms with Crippen LogP contribution in [0.5, 0.6) is 11.5 Å². The number of benzene rings is 4. The van der Waals surface area contributed by atoms with Crippen LogP contribution in [-0.4, -0.2) is 19.3 Å². The zero-order valence-corrected chi connectivity index (χ0v) is 29.4. The van der Waals surface area contributed by atoms with Crippen molar-refractivity contribution in [2.24, 2.45) is 0 Å². The Labute approximate surface area is 290 Å². The van der Waals surface area contributed by atoms with Gasteiger partial charge in [-0.15, -0.1) is 0 Å². The van der Waals surface area contributed by atoms with Gasteiger partial charge in [-0.2, -0.15) is 5.10 Å². The third kappa shape index (κ3) is 6.63. The molecule has 49 heavy (non-hydrogen) atoms. The molecule has 248 valence electrons. The molecule has 0 radical (unpaired) electrons. The van der Waals surface area contributed by atoms with E-state index in [-0.39, 0.29) is 0 Å². The highest BCUT2D eigenvalue weighted by molar-refractivity contribution is 6.09. The van der Waals surface area contributed by atoms with Crippen molar-refractivity contribution in [2.75, 3.05) is 0 Å². The molecular weight excluding hydrogens is 601 g/mol. The number of para-hydroxylation sites is 1. The maximum atomic E-state index is 6.55. The zero-order valence-electron chi connectivity index (χ0n) is 29.4. The van der Waals surface area contributed by atoms with Crippen molar-refractivity contribution in [3.63, 3.8) is 0 Å². The molecule has 5 heteroatoms. The first-order valence-corrected chi connectivity index (χ1v) is 17.9. The second-order valence-electron chi connectivity index (χ2n) is 13.6. The summed E-state index contributed by atoms with van der Waals surface area (Å²) in [6, 6.07) is 32.1. The van der Waals surface area contributed by atoms with E-state index in [0.29, 0.717) is 5.92 Å². The van der Waals surface area contributed by atoms with Crippen molar-refractivity contribution in [2.45, 2.75) is 79.1 Å². The van der Waals surface area contributed by atoms with Crippen LogP contribution in [0.15, 0.2) is 110 Å². The van der Waals surface area contributed by atoms with Crippen molar-refractivity contribution in [3.8, 4) is 34.1 Å². The van der Waals surface area contributed by atoms with E-state index in [1.807, 2.05) is 29.2 Å². The Hall–Kier alpha value is -5.16. The minimum Gasteiger partial charge on any atom is -0.457 e. The highest BCUT2D eigenvalue weighted by Crippen LogP contribution is 2.36. The SMILES string of the molecule is CCCCc1cc(C)cc(CCCC)c1-c1cnn(-c2cccc(Oc3ccc4c5ccccc5n(-c5cc(C(C)C)ccn5)c4c3)c2)c1. The van der Waals surface area contributed by atoms with Crippen LogP contribution < -0.4 is 4.74 Å². The number of hydrogen-bond donors (Lipinski definition) is 0. The zero-order chi connectivity index (χ0) is 33.9. The van der Waals surface area contributed by atoms with Gasteiger partial charge >= 0.3 is 0 Å². The standard InChI is InChI=1S/C44H46N4O/c1-6-8-13-33-23-31(5)24-34(14-9-7-2)44(33)35-28-46-47(29-35)36-15-12-16-37(26-36)49-38-19-20-40-39-17-10-11-18-41(39)48(42(40)27-38)43-25-32(30(3)4)21-22-45-43/h10-12,15-30H,6-9,13-14H2,1-5H3. The van der Waals surface area contributed by atoms with Crippen LogP contribution >= 0.6 is 0 Å². The van der Waals surface area contributed by atoms with Gasteiger partial charge in [0, 0.05) is 40.9 Å². The van der Waals surface area contributed by atoms with Crippen molar-refractivity contribution < 1.29 is 4.74 Å². The van der Waals surface area contributed by atoms with Crippen LogP contribution in [0, 0.1) is 6.92 Å². The fourth-order valence-corrected chi connectivity index (χ4v) is 7.04. The lowest BCUT2D eigenvalue weighted by Crippen LogP contribution is -1.99. The number of unbranched alkanes of at least 4 members (excludes halogenated alkanes) is 2. The molecule has 7 rings (SSSR count). The van der Waals surface area contributed by atoms with E-state index in [9.17, 15) is 0 Å². The van der Waals surface area contributed by atoms with Gasteiger partial charge in [0.05, 0.1) is 22.9 Å². The Bertz CT molecular complexity index is 2210. The molecule has 0 aliphatic heterocycles. The summed E-state index contributed by atoms with van der Waals surface area (Å²) in [6.07, 6.45) is 13.0. The van der Waals surface area contributed by atoms with E-state index in [0.717, 1.165) is 46.9 Å². The number of rotatable bonds is 12. The molecule has 5 nitrogen and oxygen atoms in total. The smallest absolute Gasteiger partial charge is 0.137 e. The van der Waals surface area contributed by atoms with Gasteiger partial charge in [-0.25, -0.2) is 9.67 Å². The monoisotopic (exact) mass is 646 g/mol. The molecule has 3 aromatic heterocycles. The predicted molar refractivity (Wildman–Crippen MR) is 204 cm³/mol. The maximum Gasteiger partial charge on any atom is 0.137 e. The number of pyridine rings is 1. The number of aryl methyl sites for hydroxylation is 3. The summed E-state index contributed by atoms with van der Waals surface area (Å²) in [5.41, 5.74) is 11.2. The first-order chi connectivity index (χ1) is 23.9. The van der Waals surface area contributed by atoms with Gasteiger partial charge in [0.25, 0.3) is 0 Å². The first-order valence-electron chi connectivity index (χ1n) is 17.9. The number of fused-ring (bicyclic) bond motifs is 3. The molecule has 0 fully saturated rings. The van der Waals surface area contributed by atoms with Gasteiger partial charge in [0.15, 0.2) is 0 Å². The van der Waals surface area contributed by atoms with Crippen molar-refractivity contribution >= 4 is 21.8 Å². The van der Waals surface area contributed by atoms with Gasteiger partial charge in [0.2, 0.25) is 0 Å². The van der Waals surface area contributed by atoms with Crippen LogP contribution in [0.3, 0.4) is 0 Å². The molecule has 7 aromatic rings. The molecule has 4 aromatic carbocycles. The molecular formula is C44H46N4O. The molecule has 0 amide bonds. The quantitative estimate of drug-likeness (QED) is 0.133. The van der Waals surface area contributed by atoms with Crippen molar-refractivity contribution in [1.29, 1.82) is 0 Å². The fraction of sp³-hybridized carbons (Fsp3) is 0.273.